The van der Waals surface area contributed by atoms with Gasteiger partial charge in [-0.3, -0.25) is 4.79 Å². The maximum absolute atomic E-state index is 12.6. The molecule has 1 aromatic heterocycles. The third-order valence-corrected chi connectivity index (χ3v) is 4.60. The fourth-order valence-electron chi connectivity index (χ4n) is 3.11. The molecule has 28 heavy (non-hydrogen) atoms. The van der Waals surface area contributed by atoms with E-state index in [0.29, 0.717) is 29.4 Å². The van der Waals surface area contributed by atoms with Gasteiger partial charge in [0.1, 0.15) is 35.4 Å². The zero-order valence-corrected chi connectivity index (χ0v) is 15.9. The second-order valence-electron chi connectivity index (χ2n) is 6.59. The zero-order chi connectivity index (χ0) is 19.7. The highest BCUT2D eigenvalue weighted by Crippen LogP contribution is 2.39. The smallest absolute Gasteiger partial charge is 0.232 e. The fourth-order valence-corrected chi connectivity index (χ4v) is 3.11. The molecule has 0 saturated carbocycles. The molecule has 0 aliphatic carbocycles. The van der Waals surface area contributed by atoms with Gasteiger partial charge >= 0.3 is 0 Å². The lowest BCUT2D eigenvalue weighted by molar-refractivity contribution is 0.101. The first-order valence-electron chi connectivity index (χ1n) is 8.95. The normalized spacial score (nSPS) is 14.1. The topological polar surface area (TPSA) is 57.9 Å². The number of hydrogen-bond acceptors (Lipinski definition) is 5. The van der Waals surface area contributed by atoms with E-state index in [1.807, 2.05) is 44.2 Å². The van der Waals surface area contributed by atoms with Gasteiger partial charge in [-0.05, 0) is 55.8 Å². The molecule has 0 saturated heterocycles. The van der Waals surface area contributed by atoms with Crippen LogP contribution in [0.4, 0.5) is 0 Å². The van der Waals surface area contributed by atoms with Crippen molar-refractivity contribution in [3.63, 3.8) is 0 Å². The number of aryl methyl sites for hydroxylation is 1. The summed E-state index contributed by atoms with van der Waals surface area (Å²) in [5, 5.41) is 0. The van der Waals surface area contributed by atoms with Crippen LogP contribution in [0.2, 0.25) is 0 Å². The number of benzene rings is 2. The summed E-state index contributed by atoms with van der Waals surface area (Å²) in [6, 6.07) is 14.9. The molecule has 4 rings (SSSR count). The quantitative estimate of drug-likeness (QED) is 0.580. The Morgan fingerprint density at radius 1 is 1.07 bits per heavy atom. The van der Waals surface area contributed by atoms with Crippen LogP contribution in [0.15, 0.2) is 58.7 Å². The van der Waals surface area contributed by atoms with Crippen LogP contribution in [0.5, 0.6) is 17.2 Å². The standard InChI is InChI=1S/C23H20O5/c1-14-7-8-18(27-14)12-21-22(24)19-9-10-20(15(2)23(19)28-21)26-13-16-5-4-6-17(11-16)25-3/h4-12H,13H2,1-3H3/b21-12-. The number of ketones is 1. The molecular formula is C23H20O5. The average Bonchev–Trinajstić information content (AvgIpc) is 3.25. The Morgan fingerprint density at radius 2 is 1.93 bits per heavy atom. The number of carbonyl (C=O) groups excluding carboxylic acids is 1. The van der Waals surface area contributed by atoms with Crippen molar-refractivity contribution in [2.45, 2.75) is 20.5 Å². The number of carbonyl (C=O) groups is 1. The highest BCUT2D eigenvalue weighted by atomic mass is 16.5. The van der Waals surface area contributed by atoms with E-state index >= 15 is 0 Å². The lowest BCUT2D eigenvalue weighted by atomic mass is 10.1. The molecule has 1 aliphatic rings. The molecule has 0 atom stereocenters. The molecule has 0 spiro atoms. The third kappa shape index (κ3) is 3.39. The van der Waals surface area contributed by atoms with Gasteiger partial charge in [0.15, 0.2) is 5.76 Å². The maximum Gasteiger partial charge on any atom is 0.232 e. The van der Waals surface area contributed by atoms with E-state index in [2.05, 4.69) is 0 Å². The van der Waals surface area contributed by atoms with Crippen molar-refractivity contribution in [2.75, 3.05) is 7.11 Å². The molecule has 5 heteroatoms. The Bertz CT molecular complexity index is 1070. The number of fused-ring (bicyclic) bond motifs is 1. The number of rotatable bonds is 5. The summed E-state index contributed by atoms with van der Waals surface area (Å²) in [5.41, 5.74) is 2.30. The van der Waals surface area contributed by atoms with Crippen molar-refractivity contribution < 1.29 is 23.4 Å². The van der Waals surface area contributed by atoms with E-state index in [-0.39, 0.29) is 11.5 Å². The van der Waals surface area contributed by atoms with Crippen molar-refractivity contribution in [3.05, 3.63) is 82.5 Å². The molecule has 1 aliphatic heterocycles. The van der Waals surface area contributed by atoms with E-state index in [9.17, 15) is 4.79 Å². The van der Waals surface area contributed by atoms with Gasteiger partial charge in [0.25, 0.3) is 0 Å². The number of ether oxygens (including phenoxy) is 3. The van der Waals surface area contributed by atoms with Crippen molar-refractivity contribution >= 4 is 11.9 Å². The van der Waals surface area contributed by atoms with Crippen molar-refractivity contribution in [1.82, 2.24) is 0 Å². The van der Waals surface area contributed by atoms with E-state index in [1.165, 1.54) is 0 Å². The van der Waals surface area contributed by atoms with Gasteiger partial charge in [0.05, 0.1) is 12.7 Å². The van der Waals surface area contributed by atoms with Crippen LogP contribution in [0.1, 0.15) is 33.0 Å². The largest absolute Gasteiger partial charge is 0.497 e. The SMILES string of the molecule is COc1cccc(COc2ccc3c(c2C)O/C(=C\c2ccc(C)o2)C3=O)c1. The molecular weight excluding hydrogens is 356 g/mol. The number of hydrogen-bond donors (Lipinski definition) is 0. The summed E-state index contributed by atoms with van der Waals surface area (Å²) in [7, 11) is 1.63. The maximum atomic E-state index is 12.6. The van der Waals surface area contributed by atoms with Gasteiger partial charge in [0.2, 0.25) is 5.78 Å². The van der Waals surface area contributed by atoms with E-state index < -0.39 is 0 Å². The van der Waals surface area contributed by atoms with E-state index in [1.54, 1.807) is 31.4 Å². The van der Waals surface area contributed by atoms with E-state index in [0.717, 1.165) is 22.6 Å². The van der Waals surface area contributed by atoms with Crippen molar-refractivity contribution in [1.29, 1.82) is 0 Å². The minimum absolute atomic E-state index is 0.161. The zero-order valence-electron chi connectivity index (χ0n) is 15.9. The second kappa shape index (κ2) is 7.27. The Morgan fingerprint density at radius 3 is 2.68 bits per heavy atom. The average molecular weight is 376 g/mol. The predicted molar refractivity (Wildman–Crippen MR) is 105 cm³/mol. The van der Waals surface area contributed by atoms with Crippen LogP contribution < -0.4 is 14.2 Å². The van der Waals surface area contributed by atoms with Gasteiger partial charge in [-0.1, -0.05) is 12.1 Å². The van der Waals surface area contributed by atoms with E-state index in [4.69, 9.17) is 18.6 Å². The highest BCUT2D eigenvalue weighted by Gasteiger charge is 2.30. The Kier molecular flexibility index (Phi) is 4.65. The molecule has 2 heterocycles. The molecule has 0 fully saturated rings. The van der Waals surface area contributed by atoms with Crippen LogP contribution in [0, 0.1) is 13.8 Å². The Balaban J connectivity index is 1.55. The molecule has 5 nitrogen and oxygen atoms in total. The Labute approximate surface area is 163 Å². The van der Waals surface area contributed by atoms with Crippen molar-refractivity contribution in [2.24, 2.45) is 0 Å². The van der Waals surface area contributed by atoms with Crippen LogP contribution in [-0.4, -0.2) is 12.9 Å². The molecule has 2 aromatic carbocycles. The van der Waals surface area contributed by atoms with Gasteiger partial charge < -0.3 is 18.6 Å². The van der Waals surface area contributed by atoms with Gasteiger partial charge in [-0.2, -0.15) is 0 Å². The summed E-state index contributed by atoms with van der Waals surface area (Å²) < 4.78 is 22.5. The van der Waals surface area contributed by atoms with Gasteiger partial charge in [0, 0.05) is 11.6 Å². The lowest BCUT2D eigenvalue weighted by Crippen LogP contribution is -1.99. The van der Waals surface area contributed by atoms with Crippen molar-refractivity contribution in [3.8, 4) is 17.2 Å². The molecule has 3 aromatic rings. The summed E-state index contributed by atoms with van der Waals surface area (Å²) in [4.78, 5) is 12.6. The summed E-state index contributed by atoms with van der Waals surface area (Å²) in [6.07, 6.45) is 1.62. The molecule has 0 N–H and O–H groups in total. The number of Topliss-reactive ketones (excluding diaryl/α,β-unsaturated/α-hetero) is 1. The Hall–Kier alpha value is -3.47. The third-order valence-electron chi connectivity index (χ3n) is 4.60. The second-order valence-corrected chi connectivity index (χ2v) is 6.59. The van der Waals surface area contributed by atoms with Crippen LogP contribution in [0.3, 0.4) is 0 Å². The summed E-state index contributed by atoms with van der Waals surface area (Å²) in [6.45, 7) is 4.12. The van der Waals surface area contributed by atoms with Crippen LogP contribution in [-0.2, 0) is 6.61 Å². The fraction of sp³-hybridized carbons (Fsp3) is 0.174. The molecule has 0 radical (unpaired) electrons. The number of allylic oxidation sites excluding steroid dienone is 1. The molecule has 0 unspecified atom stereocenters. The minimum Gasteiger partial charge on any atom is -0.497 e. The molecule has 0 bridgehead atoms. The van der Waals surface area contributed by atoms with Crippen LogP contribution >= 0.6 is 0 Å². The monoisotopic (exact) mass is 376 g/mol. The highest BCUT2D eigenvalue weighted by molar-refractivity contribution is 6.14. The summed E-state index contributed by atoms with van der Waals surface area (Å²) in [5.74, 6) is 3.43. The summed E-state index contributed by atoms with van der Waals surface area (Å²) >= 11 is 0. The number of furan rings is 1. The predicted octanol–water partition coefficient (Wildman–Crippen LogP) is 5.10. The number of methoxy groups -OCH3 is 1. The molecule has 142 valence electrons. The first-order valence-corrected chi connectivity index (χ1v) is 8.95. The minimum atomic E-state index is -0.161. The van der Waals surface area contributed by atoms with Gasteiger partial charge in [-0.15, -0.1) is 0 Å². The first-order chi connectivity index (χ1) is 13.5. The molecule has 0 amide bonds. The first kappa shape index (κ1) is 17.9. The lowest BCUT2D eigenvalue weighted by Gasteiger charge is -2.12. The van der Waals surface area contributed by atoms with Crippen LogP contribution in [0.25, 0.3) is 6.08 Å². The van der Waals surface area contributed by atoms with Gasteiger partial charge in [-0.25, -0.2) is 0 Å².